The quantitative estimate of drug-likeness (QED) is 0.625. The largest absolute Gasteiger partial charge is 0.352 e. The first kappa shape index (κ1) is 22.6. The third kappa shape index (κ3) is 5.77. The van der Waals surface area contributed by atoms with Gasteiger partial charge in [0.2, 0.25) is 11.8 Å². The van der Waals surface area contributed by atoms with Gasteiger partial charge in [-0.15, -0.1) is 0 Å². The van der Waals surface area contributed by atoms with E-state index in [1.807, 2.05) is 31.2 Å². The summed E-state index contributed by atoms with van der Waals surface area (Å²) >= 11 is 12.1. The topological polar surface area (TPSA) is 49.4 Å². The lowest BCUT2D eigenvalue weighted by Gasteiger charge is -2.30. The average Bonchev–Trinajstić information content (AvgIpc) is 3.22. The van der Waals surface area contributed by atoms with E-state index in [0.717, 1.165) is 42.4 Å². The molecule has 0 saturated heterocycles. The maximum absolute atomic E-state index is 13.3. The van der Waals surface area contributed by atoms with E-state index in [1.54, 1.807) is 30.0 Å². The van der Waals surface area contributed by atoms with Crippen molar-refractivity contribution in [2.75, 3.05) is 0 Å². The van der Waals surface area contributed by atoms with Crippen LogP contribution in [-0.2, 0) is 22.6 Å². The monoisotopic (exact) mass is 446 g/mol. The first-order valence-electron chi connectivity index (χ1n) is 10.4. The molecule has 4 nitrogen and oxygen atoms in total. The van der Waals surface area contributed by atoms with Crippen LogP contribution in [0.5, 0.6) is 0 Å². The second kappa shape index (κ2) is 10.3. The number of nitrogens with zero attached hydrogens (tertiary/aromatic N) is 1. The molecule has 2 aromatic rings. The van der Waals surface area contributed by atoms with Crippen molar-refractivity contribution in [3.05, 3.63) is 69.2 Å². The van der Waals surface area contributed by atoms with Crippen LogP contribution in [-0.4, -0.2) is 28.8 Å². The number of rotatable bonds is 7. The van der Waals surface area contributed by atoms with E-state index in [-0.39, 0.29) is 24.3 Å². The SMILES string of the molecule is Cc1ccccc1CN(C(=O)Cc1ccc(Cl)c(Cl)c1)C(C)C(=O)NC1CCCC1. The molecule has 2 aromatic carbocycles. The Kier molecular flexibility index (Phi) is 7.79. The van der Waals surface area contributed by atoms with Gasteiger partial charge in [-0.05, 0) is 55.5 Å². The Bertz CT molecular complexity index is 910. The Morgan fingerprint density at radius 2 is 1.80 bits per heavy atom. The maximum Gasteiger partial charge on any atom is 0.242 e. The predicted octanol–water partition coefficient (Wildman–Crippen LogP) is 5.32. The summed E-state index contributed by atoms with van der Waals surface area (Å²) in [6.45, 7) is 4.20. The van der Waals surface area contributed by atoms with Crippen molar-refractivity contribution in [2.24, 2.45) is 0 Å². The van der Waals surface area contributed by atoms with E-state index in [1.165, 1.54) is 0 Å². The van der Waals surface area contributed by atoms with Crippen molar-refractivity contribution < 1.29 is 9.59 Å². The van der Waals surface area contributed by atoms with Gasteiger partial charge in [0, 0.05) is 12.6 Å². The van der Waals surface area contributed by atoms with Crippen LogP contribution in [0.15, 0.2) is 42.5 Å². The van der Waals surface area contributed by atoms with Gasteiger partial charge in [-0.3, -0.25) is 9.59 Å². The van der Waals surface area contributed by atoms with Crippen LogP contribution < -0.4 is 5.32 Å². The normalized spacial score (nSPS) is 15.1. The van der Waals surface area contributed by atoms with Crippen LogP contribution in [0.4, 0.5) is 0 Å². The minimum atomic E-state index is -0.569. The van der Waals surface area contributed by atoms with Crippen molar-refractivity contribution in [1.29, 1.82) is 0 Å². The van der Waals surface area contributed by atoms with Gasteiger partial charge < -0.3 is 10.2 Å². The van der Waals surface area contributed by atoms with E-state index in [2.05, 4.69) is 5.32 Å². The van der Waals surface area contributed by atoms with Crippen molar-refractivity contribution in [2.45, 2.75) is 64.6 Å². The molecule has 1 saturated carbocycles. The number of carbonyl (C=O) groups is 2. The molecule has 2 amide bonds. The lowest BCUT2D eigenvalue weighted by Crippen LogP contribution is -2.50. The molecule has 0 radical (unpaired) electrons. The lowest BCUT2D eigenvalue weighted by molar-refractivity contribution is -0.140. The third-order valence-electron chi connectivity index (χ3n) is 5.81. The zero-order chi connectivity index (χ0) is 21.7. The second-order valence-corrected chi connectivity index (χ2v) is 8.85. The highest BCUT2D eigenvalue weighted by atomic mass is 35.5. The zero-order valence-corrected chi connectivity index (χ0v) is 19.0. The van der Waals surface area contributed by atoms with Gasteiger partial charge in [0.15, 0.2) is 0 Å². The van der Waals surface area contributed by atoms with E-state index in [4.69, 9.17) is 23.2 Å². The molecule has 1 atom stereocenters. The summed E-state index contributed by atoms with van der Waals surface area (Å²) in [5.41, 5.74) is 2.89. The van der Waals surface area contributed by atoms with E-state index < -0.39 is 6.04 Å². The summed E-state index contributed by atoms with van der Waals surface area (Å²) < 4.78 is 0. The van der Waals surface area contributed by atoms with Gasteiger partial charge >= 0.3 is 0 Å². The number of benzene rings is 2. The van der Waals surface area contributed by atoms with E-state index in [0.29, 0.717) is 16.6 Å². The van der Waals surface area contributed by atoms with Crippen LogP contribution in [0.1, 0.15) is 49.3 Å². The Labute approximate surface area is 188 Å². The van der Waals surface area contributed by atoms with Gasteiger partial charge in [0.05, 0.1) is 16.5 Å². The number of halogens is 2. The van der Waals surface area contributed by atoms with Crippen molar-refractivity contribution in [1.82, 2.24) is 10.2 Å². The summed E-state index contributed by atoms with van der Waals surface area (Å²) in [6.07, 6.45) is 4.45. The van der Waals surface area contributed by atoms with Crippen LogP contribution >= 0.6 is 23.2 Å². The summed E-state index contributed by atoms with van der Waals surface area (Å²) in [5.74, 6) is -0.219. The maximum atomic E-state index is 13.3. The molecule has 0 aromatic heterocycles. The Morgan fingerprint density at radius 1 is 1.10 bits per heavy atom. The number of amides is 2. The molecule has 6 heteroatoms. The average molecular weight is 447 g/mol. The summed E-state index contributed by atoms with van der Waals surface area (Å²) in [6, 6.07) is 12.8. The van der Waals surface area contributed by atoms with Gasteiger partial charge in [-0.25, -0.2) is 0 Å². The van der Waals surface area contributed by atoms with Crippen molar-refractivity contribution in [3.63, 3.8) is 0 Å². The van der Waals surface area contributed by atoms with Crippen LogP contribution in [0.3, 0.4) is 0 Å². The van der Waals surface area contributed by atoms with Crippen LogP contribution in [0, 0.1) is 6.92 Å². The van der Waals surface area contributed by atoms with Gasteiger partial charge in [-0.2, -0.15) is 0 Å². The zero-order valence-electron chi connectivity index (χ0n) is 17.5. The van der Waals surface area contributed by atoms with E-state index in [9.17, 15) is 9.59 Å². The summed E-state index contributed by atoms with van der Waals surface area (Å²) in [4.78, 5) is 27.9. The van der Waals surface area contributed by atoms with Crippen molar-refractivity contribution >= 4 is 35.0 Å². The third-order valence-corrected chi connectivity index (χ3v) is 6.55. The lowest BCUT2D eigenvalue weighted by atomic mass is 10.1. The summed E-state index contributed by atoms with van der Waals surface area (Å²) in [7, 11) is 0. The molecule has 0 heterocycles. The highest BCUT2D eigenvalue weighted by molar-refractivity contribution is 6.42. The fourth-order valence-electron chi connectivity index (χ4n) is 3.87. The second-order valence-electron chi connectivity index (χ2n) is 8.04. The minimum absolute atomic E-state index is 0.0991. The van der Waals surface area contributed by atoms with E-state index >= 15 is 0 Å². The van der Waals surface area contributed by atoms with Crippen LogP contribution in [0.2, 0.25) is 10.0 Å². The fourth-order valence-corrected chi connectivity index (χ4v) is 4.19. The standard InChI is InChI=1S/C24H28Cl2N2O2/c1-16-7-3-4-8-19(16)15-28(17(2)24(30)27-20-9-5-6-10-20)23(29)14-18-11-12-21(25)22(26)13-18/h3-4,7-8,11-13,17,20H,5-6,9-10,14-15H2,1-2H3,(H,27,30). The predicted molar refractivity (Wildman–Crippen MR) is 122 cm³/mol. The molecule has 160 valence electrons. The molecular formula is C24H28Cl2N2O2. The summed E-state index contributed by atoms with van der Waals surface area (Å²) in [5, 5.41) is 3.99. The van der Waals surface area contributed by atoms with Gasteiger partial charge in [-0.1, -0.05) is 66.4 Å². The molecule has 30 heavy (non-hydrogen) atoms. The highest BCUT2D eigenvalue weighted by Crippen LogP contribution is 2.24. The molecule has 1 fully saturated rings. The number of hydrogen-bond donors (Lipinski definition) is 1. The smallest absolute Gasteiger partial charge is 0.242 e. The molecule has 1 N–H and O–H groups in total. The Morgan fingerprint density at radius 3 is 2.47 bits per heavy atom. The molecule has 1 unspecified atom stereocenters. The first-order valence-corrected chi connectivity index (χ1v) is 11.2. The number of carbonyl (C=O) groups excluding carboxylic acids is 2. The first-order chi connectivity index (χ1) is 14.3. The Hall–Kier alpha value is -2.04. The molecule has 0 spiro atoms. The molecular weight excluding hydrogens is 419 g/mol. The van der Waals surface area contributed by atoms with Gasteiger partial charge in [0.1, 0.15) is 6.04 Å². The molecule has 3 rings (SSSR count). The number of hydrogen-bond acceptors (Lipinski definition) is 2. The Balaban J connectivity index is 1.79. The fraction of sp³-hybridized carbons (Fsp3) is 0.417. The molecule has 1 aliphatic rings. The van der Waals surface area contributed by atoms with Gasteiger partial charge in [0.25, 0.3) is 0 Å². The number of nitrogens with one attached hydrogen (secondary N) is 1. The highest BCUT2D eigenvalue weighted by Gasteiger charge is 2.28. The van der Waals surface area contributed by atoms with Crippen molar-refractivity contribution in [3.8, 4) is 0 Å². The minimum Gasteiger partial charge on any atom is -0.352 e. The molecule has 0 bridgehead atoms. The molecule has 0 aliphatic heterocycles. The molecule has 1 aliphatic carbocycles. The van der Waals surface area contributed by atoms with Crippen LogP contribution in [0.25, 0.3) is 0 Å². The number of aryl methyl sites for hydroxylation is 1.